The van der Waals surface area contributed by atoms with Crippen LogP contribution in [-0.4, -0.2) is 41.4 Å². The molecule has 0 aliphatic carbocycles. The van der Waals surface area contributed by atoms with Crippen molar-refractivity contribution >= 4 is 11.5 Å². The van der Waals surface area contributed by atoms with E-state index in [4.69, 9.17) is 15.6 Å². The summed E-state index contributed by atoms with van der Waals surface area (Å²) in [7, 11) is 0. The molecule has 0 radical (unpaired) electrons. The Morgan fingerprint density at radius 3 is 2.79 bits per heavy atom. The van der Waals surface area contributed by atoms with Gasteiger partial charge >= 0.3 is 0 Å². The highest BCUT2D eigenvalue weighted by Crippen LogP contribution is 2.30. The first-order valence-corrected chi connectivity index (χ1v) is 6.85. The summed E-state index contributed by atoms with van der Waals surface area (Å²) < 4.78 is 5.52. The number of hydrogen-bond donors (Lipinski definition) is 2. The van der Waals surface area contributed by atoms with Gasteiger partial charge in [0.05, 0.1) is 6.61 Å². The molecule has 6 nitrogen and oxygen atoms in total. The predicted octanol–water partition coefficient (Wildman–Crippen LogP) is 1.06. The van der Waals surface area contributed by atoms with Gasteiger partial charge in [-0.25, -0.2) is 4.98 Å². The second kappa shape index (κ2) is 6.56. The summed E-state index contributed by atoms with van der Waals surface area (Å²) in [5, 5.41) is 9.15. The van der Waals surface area contributed by atoms with Crippen molar-refractivity contribution in [2.24, 2.45) is 5.92 Å². The van der Waals surface area contributed by atoms with Crippen LogP contribution in [0.4, 0.5) is 11.5 Å². The van der Waals surface area contributed by atoms with Crippen molar-refractivity contribution in [2.75, 3.05) is 36.9 Å². The van der Waals surface area contributed by atoms with E-state index in [1.165, 1.54) is 6.33 Å². The molecule has 1 aromatic rings. The molecule has 19 heavy (non-hydrogen) atoms. The number of aromatic nitrogens is 2. The minimum atomic E-state index is 0.262. The summed E-state index contributed by atoms with van der Waals surface area (Å²) in [6.07, 6.45) is 4.34. The van der Waals surface area contributed by atoms with E-state index in [-0.39, 0.29) is 6.61 Å². The summed E-state index contributed by atoms with van der Waals surface area (Å²) in [6.45, 7) is 4.63. The summed E-state index contributed by atoms with van der Waals surface area (Å²) in [4.78, 5) is 10.5. The molecule has 2 heterocycles. The molecule has 1 fully saturated rings. The van der Waals surface area contributed by atoms with E-state index in [1.807, 2.05) is 6.92 Å². The molecule has 0 unspecified atom stereocenters. The average Bonchev–Trinajstić information content (AvgIpc) is 2.46. The van der Waals surface area contributed by atoms with Crippen LogP contribution in [0.25, 0.3) is 0 Å². The third-order valence-electron chi connectivity index (χ3n) is 3.44. The zero-order valence-electron chi connectivity index (χ0n) is 11.4. The summed E-state index contributed by atoms with van der Waals surface area (Å²) >= 11 is 0. The summed E-state index contributed by atoms with van der Waals surface area (Å²) in [5.41, 5.74) is 6.59. The summed E-state index contributed by atoms with van der Waals surface area (Å²) in [5.74, 6) is 1.61. The van der Waals surface area contributed by atoms with Crippen molar-refractivity contribution in [3.63, 3.8) is 0 Å². The van der Waals surface area contributed by atoms with E-state index >= 15 is 0 Å². The first kappa shape index (κ1) is 13.9. The van der Waals surface area contributed by atoms with Crippen molar-refractivity contribution < 1.29 is 9.84 Å². The van der Waals surface area contributed by atoms with Crippen LogP contribution in [0.1, 0.15) is 26.2 Å². The molecule has 6 heteroatoms. The van der Waals surface area contributed by atoms with Crippen LogP contribution < -0.4 is 15.4 Å². The maximum Gasteiger partial charge on any atom is 0.242 e. The predicted molar refractivity (Wildman–Crippen MR) is 74.3 cm³/mol. The highest BCUT2D eigenvalue weighted by Gasteiger charge is 2.22. The molecule has 106 valence electrons. The lowest BCUT2D eigenvalue weighted by molar-refractivity contribution is 0.202. The van der Waals surface area contributed by atoms with E-state index < -0.39 is 0 Å². The van der Waals surface area contributed by atoms with Gasteiger partial charge < -0.3 is 20.5 Å². The first-order valence-electron chi connectivity index (χ1n) is 6.85. The first-order chi connectivity index (χ1) is 9.26. The zero-order valence-corrected chi connectivity index (χ0v) is 11.4. The van der Waals surface area contributed by atoms with Crippen LogP contribution in [0.15, 0.2) is 6.33 Å². The Labute approximate surface area is 113 Å². The molecular weight excluding hydrogens is 244 g/mol. The lowest BCUT2D eigenvalue weighted by atomic mass is 9.98. The van der Waals surface area contributed by atoms with Gasteiger partial charge in [-0.2, -0.15) is 4.98 Å². The second-order valence-corrected chi connectivity index (χ2v) is 4.88. The van der Waals surface area contributed by atoms with Crippen molar-refractivity contribution in [3.8, 4) is 5.88 Å². The van der Waals surface area contributed by atoms with Gasteiger partial charge in [0.1, 0.15) is 12.0 Å². The van der Waals surface area contributed by atoms with Crippen molar-refractivity contribution in [2.45, 2.75) is 26.2 Å². The molecule has 0 amide bonds. The molecule has 0 spiro atoms. The highest BCUT2D eigenvalue weighted by atomic mass is 16.5. The fourth-order valence-corrected chi connectivity index (χ4v) is 2.26. The Hall–Kier alpha value is -1.56. The Balaban J connectivity index is 2.08. The highest BCUT2D eigenvalue weighted by molar-refractivity contribution is 5.67. The maximum absolute atomic E-state index is 9.15. The van der Waals surface area contributed by atoms with E-state index in [0.717, 1.165) is 38.2 Å². The molecular formula is C13H22N4O2. The molecule has 0 bridgehead atoms. The standard InChI is InChI=1S/C13H22N4O2/c1-2-7-19-13-11(14)12(15-9-16-13)17-5-3-10(8-18)4-6-17/h9-10,18H,2-8,14H2,1H3. The lowest BCUT2D eigenvalue weighted by Crippen LogP contribution is -2.35. The van der Waals surface area contributed by atoms with Crippen LogP contribution in [0.2, 0.25) is 0 Å². The van der Waals surface area contributed by atoms with E-state index in [1.54, 1.807) is 0 Å². The SMILES string of the molecule is CCCOc1ncnc(N2CCC(CO)CC2)c1N. The number of ether oxygens (including phenoxy) is 1. The van der Waals surface area contributed by atoms with Gasteiger partial charge in [-0.05, 0) is 25.2 Å². The minimum Gasteiger partial charge on any atom is -0.476 e. The van der Waals surface area contributed by atoms with Gasteiger partial charge in [0.25, 0.3) is 0 Å². The van der Waals surface area contributed by atoms with E-state index in [0.29, 0.717) is 24.1 Å². The van der Waals surface area contributed by atoms with Gasteiger partial charge in [-0.15, -0.1) is 0 Å². The molecule has 0 saturated carbocycles. The number of hydrogen-bond acceptors (Lipinski definition) is 6. The molecule has 1 aromatic heterocycles. The fourth-order valence-electron chi connectivity index (χ4n) is 2.26. The second-order valence-electron chi connectivity index (χ2n) is 4.88. The van der Waals surface area contributed by atoms with Gasteiger partial charge in [0, 0.05) is 19.7 Å². The Kier molecular flexibility index (Phi) is 4.79. The van der Waals surface area contributed by atoms with Crippen molar-refractivity contribution in [1.29, 1.82) is 0 Å². The van der Waals surface area contributed by atoms with Crippen LogP contribution in [0.5, 0.6) is 5.88 Å². The molecule has 1 aliphatic rings. The number of nitrogens with zero attached hydrogens (tertiary/aromatic N) is 3. The fraction of sp³-hybridized carbons (Fsp3) is 0.692. The van der Waals surface area contributed by atoms with Gasteiger partial charge in [0.2, 0.25) is 5.88 Å². The van der Waals surface area contributed by atoms with Gasteiger partial charge in [-0.1, -0.05) is 6.92 Å². The number of aliphatic hydroxyl groups is 1. The smallest absolute Gasteiger partial charge is 0.242 e. The van der Waals surface area contributed by atoms with Crippen LogP contribution in [0, 0.1) is 5.92 Å². The molecule has 0 aromatic carbocycles. The largest absolute Gasteiger partial charge is 0.476 e. The van der Waals surface area contributed by atoms with Crippen LogP contribution in [0.3, 0.4) is 0 Å². The van der Waals surface area contributed by atoms with Crippen molar-refractivity contribution in [3.05, 3.63) is 6.33 Å². The quantitative estimate of drug-likeness (QED) is 0.829. The van der Waals surface area contributed by atoms with Crippen molar-refractivity contribution in [1.82, 2.24) is 9.97 Å². The molecule has 0 atom stereocenters. The number of nitrogen functional groups attached to an aromatic ring is 1. The number of aliphatic hydroxyl groups excluding tert-OH is 1. The van der Waals surface area contributed by atoms with E-state index in [9.17, 15) is 0 Å². The zero-order chi connectivity index (χ0) is 13.7. The maximum atomic E-state index is 9.15. The normalized spacial score (nSPS) is 16.6. The van der Waals surface area contributed by atoms with Gasteiger partial charge in [-0.3, -0.25) is 0 Å². The lowest BCUT2D eigenvalue weighted by Gasteiger charge is -2.32. The van der Waals surface area contributed by atoms with Gasteiger partial charge in [0.15, 0.2) is 5.82 Å². The third-order valence-corrected chi connectivity index (χ3v) is 3.44. The Morgan fingerprint density at radius 1 is 1.42 bits per heavy atom. The average molecular weight is 266 g/mol. The number of rotatable bonds is 5. The topological polar surface area (TPSA) is 84.5 Å². The Morgan fingerprint density at radius 2 is 2.16 bits per heavy atom. The van der Waals surface area contributed by atoms with E-state index in [2.05, 4.69) is 14.9 Å². The minimum absolute atomic E-state index is 0.262. The molecule has 3 N–H and O–H groups in total. The molecule has 2 rings (SSSR count). The monoisotopic (exact) mass is 266 g/mol. The molecule has 1 aliphatic heterocycles. The van der Waals surface area contributed by atoms with Crippen LogP contribution in [-0.2, 0) is 0 Å². The Bertz CT molecular complexity index is 406. The third kappa shape index (κ3) is 3.26. The molecule has 1 saturated heterocycles. The van der Waals surface area contributed by atoms with Crippen LogP contribution >= 0.6 is 0 Å². The number of anilines is 2. The number of piperidine rings is 1. The number of nitrogens with two attached hydrogens (primary N) is 1. The summed E-state index contributed by atoms with van der Waals surface area (Å²) in [6, 6.07) is 0.